The molecule has 1 N–H and O–H groups in total. The van der Waals surface area contributed by atoms with Crippen LogP contribution in [-0.4, -0.2) is 23.3 Å². The Morgan fingerprint density at radius 2 is 1.84 bits per heavy atom. The summed E-state index contributed by atoms with van der Waals surface area (Å²) < 4.78 is 26.1. The molecule has 0 radical (unpaired) electrons. The van der Waals surface area contributed by atoms with Gasteiger partial charge in [0, 0.05) is 18.3 Å². The van der Waals surface area contributed by atoms with Gasteiger partial charge in [0.1, 0.15) is 12.1 Å². The van der Waals surface area contributed by atoms with Gasteiger partial charge in [-0.1, -0.05) is 0 Å². The molecule has 0 aliphatic heterocycles. The Labute approximate surface area is 108 Å². The molecule has 1 aromatic carbocycles. The molecular formula is C10H8N4O4S. The average Bonchev–Trinajstić information content (AvgIpc) is 2.39. The summed E-state index contributed by atoms with van der Waals surface area (Å²) in [6.45, 7) is 0. The molecule has 0 bridgehead atoms. The van der Waals surface area contributed by atoms with Crippen LogP contribution in [0.5, 0.6) is 0 Å². The number of anilines is 1. The molecule has 0 aliphatic carbocycles. The fourth-order valence-corrected chi connectivity index (χ4v) is 2.30. The zero-order valence-electron chi connectivity index (χ0n) is 9.42. The molecule has 0 atom stereocenters. The van der Waals surface area contributed by atoms with E-state index in [1.807, 2.05) is 0 Å². The molecule has 0 fully saturated rings. The number of rotatable bonds is 4. The number of non-ortho nitro benzene ring substituents is 1. The van der Waals surface area contributed by atoms with Crippen LogP contribution in [0.3, 0.4) is 0 Å². The molecule has 8 nitrogen and oxygen atoms in total. The van der Waals surface area contributed by atoms with Crippen molar-refractivity contribution in [2.75, 3.05) is 4.72 Å². The normalized spacial score (nSPS) is 10.9. The van der Waals surface area contributed by atoms with Gasteiger partial charge in [-0.25, -0.2) is 18.4 Å². The minimum Gasteiger partial charge on any atom is -0.263 e. The molecular weight excluding hydrogens is 272 g/mol. The Hall–Kier alpha value is -2.55. The monoisotopic (exact) mass is 280 g/mol. The van der Waals surface area contributed by atoms with Crippen LogP contribution in [0.1, 0.15) is 0 Å². The first-order chi connectivity index (χ1) is 8.99. The molecule has 2 rings (SSSR count). The molecule has 19 heavy (non-hydrogen) atoms. The van der Waals surface area contributed by atoms with Gasteiger partial charge in [0.05, 0.1) is 9.82 Å². The fourth-order valence-electron chi connectivity index (χ4n) is 1.29. The highest BCUT2D eigenvalue weighted by atomic mass is 32.2. The third-order valence-corrected chi connectivity index (χ3v) is 3.55. The van der Waals surface area contributed by atoms with Crippen molar-refractivity contribution in [1.82, 2.24) is 9.97 Å². The number of nitrogens with one attached hydrogen (secondary N) is 1. The standard InChI is InChI=1S/C10H8N4O4S/c15-14(16)8-1-3-9(4-2-8)19(17,18)13-10-5-6-11-7-12-10/h1-7H,(H,11,12,13). The van der Waals surface area contributed by atoms with E-state index in [4.69, 9.17) is 0 Å². The second kappa shape index (κ2) is 4.98. The maximum absolute atomic E-state index is 11.9. The molecule has 1 aromatic heterocycles. The molecule has 0 amide bonds. The molecule has 0 saturated heterocycles. The van der Waals surface area contributed by atoms with Crippen LogP contribution in [0.4, 0.5) is 11.5 Å². The van der Waals surface area contributed by atoms with Crippen molar-refractivity contribution < 1.29 is 13.3 Å². The minimum absolute atomic E-state index is 0.0864. The van der Waals surface area contributed by atoms with Crippen molar-refractivity contribution in [3.63, 3.8) is 0 Å². The molecule has 1 heterocycles. The Bertz CT molecular complexity index is 685. The number of hydrogen-bond acceptors (Lipinski definition) is 6. The van der Waals surface area contributed by atoms with Crippen molar-refractivity contribution in [2.45, 2.75) is 4.90 Å². The highest BCUT2D eigenvalue weighted by Gasteiger charge is 2.16. The zero-order valence-corrected chi connectivity index (χ0v) is 10.2. The summed E-state index contributed by atoms with van der Waals surface area (Å²) >= 11 is 0. The summed E-state index contributed by atoms with van der Waals surface area (Å²) in [5.41, 5.74) is -0.180. The smallest absolute Gasteiger partial charge is 0.263 e. The van der Waals surface area contributed by atoms with Crippen molar-refractivity contribution in [3.8, 4) is 0 Å². The Balaban J connectivity index is 2.27. The van der Waals surface area contributed by atoms with Crippen molar-refractivity contribution in [1.29, 1.82) is 0 Å². The summed E-state index contributed by atoms with van der Waals surface area (Å²) in [7, 11) is -3.82. The van der Waals surface area contributed by atoms with E-state index < -0.39 is 14.9 Å². The Morgan fingerprint density at radius 3 is 2.37 bits per heavy atom. The van der Waals surface area contributed by atoms with Gasteiger partial charge >= 0.3 is 0 Å². The summed E-state index contributed by atoms with van der Waals surface area (Å²) in [5.74, 6) is 0.119. The number of nitro benzene ring substituents is 1. The first-order valence-corrected chi connectivity index (χ1v) is 6.51. The van der Waals surface area contributed by atoms with E-state index in [-0.39, 0.29) is 16.4 Å². The second-order valence-corrected chi connectivity index (χ2v) is 5.13. The van der Waals surface area contributed by atoms with E-state index in [1.54, 1.807) is 0 Å². The lowest BCUT2D eigenvalue weighted by atomic mass is 10.3. The van der Waals surface area contributed by atoms with Crippen LogP contribution >= 0.6 is 0 Å². The van der Waals surface area contributed by atoms with Crippen molar-refractivity contribution in [3.05, 3.63) is 53.0 Å². The van der Waals surface area contributed by atoms with E-state index in [9.17, 15) is 18.5 Å². The minimum atomic E-state index is -3.82. The van der Waals surface area contributed by atoms with Gasteiger partial charge in [0.15, 0.2) is 0 Å². The van der Waals surface area contributed by atoms with E-state index in [1.165, 1.54) is 18.6 Å². The molecule has 0 saturated carbocycles. The van der Waals surface area contributed by atoms with Gasteiger partial charge in [-0.05, 0) is 18.2 Å². The lowest BCUT2D eigenvalue weighted by Gasteiger charge is -2.06. The Kier molecular flexibility index (Phi) is 3.38. The largest absolute Gasteiger partial charge is 0.269 e. The number of hydrogen-bond donors (Lipinski definition) is 1. The van der Waals surface area contributed by atoms with E-state index in [2.05, 4.69) is 14.7 Å². The fraction of sp³-hybridized carbons (Fsp3) is 0. The molecule has 9 heteroatoms. The highest BCUT2D eigenvalue weighted by Crippen LogP contribution is 2.17. The van der Waals surface area contributed by atoms with E-state index in [0.717, 1.165) is 24.3 Å². The SMILES string of the molecule is O=[N+]([O-])c1ccc(S(=O)(=O)Nc2ccncn2)cc1. The number of aromatic nitrogens is 2. The van der Waals surface area contributed by atoms with Gasteiger partial charge in [0.25, 0.3) is 15.7 Å². The zero-order chi connectivity index (χ0) is 13.9. The predicted octanol–water partition coefficient (Wildman–Crippen LogP) is 1.19. The summed E-state index contributed by atoms with van der Waals surface area (Å²) in [6, 6.07) is 5.94. The van der Waals surface area contributed by atoms with Gasteiger partial charge < -0.3 is 0 Å². The summed E-state index contributed by atoms with van der Waals surface area (Å²) in [6.07, 6.45) is 2.59. The van der Waals surface area contributed by atoms with Gasteiger partial charge in [-0.2, -0.15) is 0 Å². The van der Waals surface area contributed by atoms with Crippen LogP contribution in [0, 0.1) is 10.1 Å². The molecule has 0 unspecified atom stereocenters. The number of nitro groups is 1. The lowest BCUT2D eigenvalue weighted by molar-refractivity contribution is -0.384. The van der Waals surface area contributed by atoms with Crippen LogP contribution in [0.25, 0.3) is 0 Å². The van der Waals surface area contributed by atoms with Crippen LogP contribution in [-0.2, 0) is 10.0 Å². The molecule has 98 valence electrons. The second-order valence-electron chi connectivity index (χ2n) is 3.45. The first-order valence-electron chi connectivity index (χ1n) is 5.02. The maximum atomic E-state index is 11.9. The number of sulfonamides is 1. The van der Waals surface area contributed by atoms with Crippen LogP contribution < -0.4 is 4.72 Å². The molecule has 0 aliphatic rings. The topological polar surface area (TPSA) is 115 Å². The summed E-state index contributed by atoms with van der Waals surface area (Å²) in [4.78, 5) is 17.2. The Morgan fingerprint density at radius 1 is 1.16 bits per heavy atom. The number of nitrogens with zero attached hydrogens (tertiary/aromatic N) is 3. The quantitative estimate of drug-likeness (QED) is 0.664. The summed E-state index contributed by atoms with van der Waals surface area (Å²) in [5, 5.41) is 10.5. The van der Waals surface area contributed by atoms with Gasteiger partial charge in [-0.3, -0.25) is 14.8 Å². The molecule has 2 aromatic rings. The maximum Gasteiger partial charge on any atom is 0.269 e. The van der Waals surface area contributed by atoms with Gasteiger partial charge in [0.2, 0.25) is 0 Å². The molecule has 0 spiro atoms. The first kappa shape index (κ1) is 12.9. The third-order valence-electron chi connectivity index (χ3n) is 2.18. The van der Waals surface area contributed by atoms with Crippen molar-refractivity contribution in [2.24, 2.45) is 0 Å². The highest BCUT2D eigenvalue weighted by molar-refractivity contribution is 7.92. The average molecular weight is 280 g/mol. The van der Waals surface area contributed by atoms with E-state index >= 15 is 0 Å². The number of benzene rings is 1. The van der Waals surface area contributed by atoms with Crippen molar-refractivity contribution >= 4 is 21.5 Å². The van der Waals surface area contributed by atoms with E-state index in [0.29, 0.717) is 0 Å². The van der Waals surface area contributed by atoms with Crippen LogP contribution in [0.2, 0.25) is 0 Å². The lowest BCUT2D eigenvalue weighted by Crippen LogP contribution is -2.13. The third kappa shape index (κ3) is 3.01. The van der Waals surface area contributed by atoms with Gasteiger partial charge in [-0.15, -0.1) is 0 Å². The predicted molar refractivity (Wildman–Crippen MR) is 65.9 cm³/mol. The van der Waals surface area contributed by atoms with Crippen LogP contribution in [0.15, 0.2) is 47.8 Å².